The maximum absolute atomic E-state index is 12.1. The van der Waals surface area contributed by atoms with Crippen molar-refractivity contribution in [3.8, 4) is 0 Å². The second kappa shape index (κ2) is 7.70. The van der Waals surface area contributed by atoms with Crippen LogP contribution < -0.4 is 5.73 Å². The van der Waals surface area contributed by atoms with Crippen LogP contribution in [0.5, 0.6) is 0 Å². The van der Waals surface area contributed by atoms with Crippen LogP contribution in [0.25, 0.3) is 0 Å². The summed E-state index contributed by atoms with van der Waals surface area (Å²) in [5.41, 5.74) is 5.73. The molecule has 0 fully saturated rings. The monoisotopic (exact) mass is 330 g/mol. The molecular weight excluding hydrogens is 308 g/mol. The second-order valence-electron chi connectivity index (χ2n) is 5.39. The first-order chi connectivity index (χ1) is 8.92. The van der Waals surface area contributed by atoms with Crippen molar-refractivity contribution in [3.63, 3.8) is 0 Å². The van der Waals surface area contributed by atoms with Crippen LogP contribution in [0.1, 0.15) is 32.4 Å². The second-order valence-corrected chi connectivity index (χ2v) is 6.17. The summed E-state index contributed by atoms with van der Waals surface area (Å²) in [5.74, 6) is 1.71. The molecule has 19 heavy (non-hydrogen) atoms. The van der Waals surface area contributed by atoms with E-state index in [9.17, 15) is 4.79 Å². The van der Waals surface area contributed by atoms with Crippen LogP contribution in [0.2, 0.25) is 0 Å². The highest BCUT2D eigenvalue weighted by Gasteiger charge is 2.17. The lowest BCUT2D eigenvalue weighted by Crippen LogP contribution is -2.30. The standard InChI is InChI=1S/C14H23BrN2O2/c1-10(2)6-11(8-16)7-14(18)17(3)9-12-4-5-13(15)19-12/h4-5,10-11H,6-9,16H2,1-3H3. The fourth-order valence-electron chi connectivity index (χ4n) is 2.09. The third kappa shape index (κ3) is 5.78. The van der Waals surface area contributed by atoms with E-state index >= 15 is 0 Å². The number of hydrogen-bond acceptors (Lipinski definition) is 3. The highest BCUT2D eigenvalue weighted by Crippen LogP contribution is 2.18. The van der Waals surface area contributed by atoms with E-state index in [2.05, 4.69) is 29.8 Å². The number of carbonyl (C=O) groups is 1. The first-order valence-corrected chi connectivity index (χ1v) is 7.40. The molecule has 0 bridgehead atoms. The minimum Gasteiger partial charge on any atom is -0.452 e. The van der Waals surface area contributed by atoms with Gasteiger partial charge < -0.3 is 15.1 Å². The molecule has 0 aliphatic rings. The summed E-state index contributed by atoms with van der Waals surface area (Å²) < 4.78 is 6.08. The molecule has 0 aliphatic heterocycles. The van der Waals surface area contributed by atoms with Crippen molar-refractivity contribution in [1.82, 2.24) is 4.90 Å². The maximum Gasteiger partial charge on any atom is 0.223 e. The molecule has 0 aliphatic carbocycles. The first kappa shape index (κ1) is 16.2. The summed E-state index contributed by atoms with van der Waals surface area (Å²) in [4.78, 5) is 13.8. The molecule has 1 amide bonds. The van der Waals surface area contributed by atoms with Crippen LogP contribution in [0.15, 0.2) is 21.2 Å². The Hall–Kier alpha value is -0.810. The van der Waals surface area contributed by atoms with Crippen molar-refractivity contribution in [3.05, 3.63) is 22.6 Å². The van der Waals surface area contributed by atoms with Crippen molar-refractivity contribution in [2.45, 2.75) is 33.2 Å². The van der Waals surface area contributed by atoms with Gasteiger partial charge in [-0.3, -0.25) is 4.79 Å². The van der Waals surface area contributed by atoms with Gasteiger partial charge in [0.05, 0.1) is 6.54 Å². The zero-order valence-corrected chi connectivity index (χ0v) is 13.4. The lowest BCUT2D eigenvalue weighted by atomic mass is 9.94. The minimum absolute atomic E-state index is 0.114. The summed E-state index contributed by atoms with van der Waals surface area (Å²) in [6.07, 6.45) is 1.50. The number of halogens is 1. The molecule has 1 aromatic rings. The molecule has 0 saturated heterocycles. The summed E-state index contributed by atoms with van der Waals surface area (Å²) in [6.45, 7) is 5.35. The Morgan fingerprint density at radius 1 is 1.47 bits per heavy atom. The van der Waals surface area contributed by atoms with E-state index in [1.807, 2.05) is 12.1 Å². The Morgan fingerprint density at radius 3 is 2.63 bits per heavy atom. The topological polar surface area (TPSA) is 59.5 Å². The van der Waals surface area contributed by atoms with Gasteiger partial charge in [-0.2, -0.15) is 0 Å². The number of nitrogens with two attached hydrogens (primary N) is 1. The van der Waals surface area contributed by atoms with Gasteiger partial charge in [0.1, 0.15) is 5.76 Å². The first-order valence-electron chi connectivity index (χ1n) is 6.60. The molecule has 2 N–H and O–H groups in total. The lowest BCUT2D eigenvalue weighted by Gasteiger charge is -2.21. The molecule has 4 nitrogen and oxygen atoms in total. The molecule has 1 heterocycles. The summed E-state index contributed by atoms with van der Waals surface area (Å²) >= 11 is 3.25. The van der Waals surface area contributed by atoms with E-state index in [1.165, 1.54) is 0 Å². The fraction of sp³-hybridized carbons (Fsp3) is 0.643. The Bertz CT molecular complexity index is 404. The Morgan fingerprint density at radius 2 is 2.16 bits per heavy atom. The van der Waals surface area contributed by atoms with Crippen LogP contribution >= 0.6 is 15.9 Å². The fourth-order valence-corrected chi connectivity index (χ4v) is 2.43. The molecule has 1 rings (SSSR count). The van der Waals surface area contributed by atoms with Gasteiger partial charge >= 0.3 is 0 Å². The third-order valence-electron chi connectivity index (χ3n) is 3.05. The van der Waals surface area contributed by atoms with E-state index in [1.54, 1.807) is 11.9 Å². The highest BCUT2D eigenvalue weighted by molar-refractivity contribution is 9.10. The van der Waals surface area contributed by atoms with E-state index < -0.39 is 0 Å². The van der Waals surface area contributed by atoms with E-state index in [-0.39, 0.29) is 11.8 Å². The van der Waals surface area contributed by atoms with Gasteiger partial charge in [0.2, 0.25) is 5.91 Å². The van der Waals surface area contributed by atoms with Gasteiger partial charge in [-0.05, 0) is 52.9 Å². The maximum atomic E-state index is 12.1. The van der Waals surface area contributed by atoms with Crippen molar-refractivity contribution in [1.29, 1.82) is 0 Å². The number of amides is 1. The van der Waals surface area contributed by atoms with Gasteiger partial charge in [0, 0.05) is 13.5 Å². The molecule has 0 spiro atoms. The number of rotatable bonds is 7. The zero-order valence-electron chi connectivity index (χ0n) is 11.9. The number of hydrogen-bond donors (Lipinski definition) is 1. The number of nitrogens with zero attached hydrogens (tertiary/aromatic N) is 1. The molecule has 1 unspecified atom stereocenters. The molecule has 1 atom stereocenters. The number of furan rings is 1. The predicted molar refractivity (Wildman–Crippen MR) is 79.5 cm³/mol. The van der Waals surface area contributed by atoms with Crippen LogP contribution in [0.4, 0.5) is 0 Å². The van der Waals surface area contributed by atoms with Crippen molar-refractivity contribution >= 4 is 21.8 Å². The molecule has 0 saturated carbocycles. The van der Waals surface area contributed by atoms with Gasteiger partial charge in [0.15, 0.2) is 4.67 Å². The summed E-state index contributed by atoms with van der Waals surface area (Å²) in [5, 5.41) is 0. The molecule has 0 radical (unpaired) electrons. The lowest BCUT2D eigenvalue weighted by molar-refractivity contribution is -0.131. The van der Waals surface area contributed by atoms with Crippen molar-refractivity contribution in [2.24, 2.45) is 17.6 Å². The summed E-state index contributed by atoms with van der Waals surface area (Å²) in [6, 6.07) is 3.69. The Labute approximate surface area is 123 Å². The van der Waals surface area contributed by atoms with Gasteiger partial charge in [-0.25, -0.2) is 0 Å². The normalized spacial score (nSPS) is 12.7. The zero-order chi connectivity index (χ0) is 14.4. The van der Waals surface area contributed by atoms with E-state index in [0.717, 1.165) is 12.2 Å². The smallest absolute Gasteiger partial charge is 0.223 e. The predicted octanol–water partition coefficient (Wildman–Crippen LogP) is 3.01. The Kier molecular flexibility index (Phi) is 6.58. The molecular formula is C14H23BrN2O2. The third-order valence-corrected chi connectivity index (χ3v) is 3.48. The van der Waals surface area contributed by atoms with Gasteiger partial charge in [-0.15, -0.1) is 0 Å². The van der Waals surface area contributed by atoms with Crippen LogP contribution in [0.3, 0.4) is 0 Å². The minimum atomic E-state index is 0.114. The number of carbonyl (C=O) groups excluding carboxylic acids is 1. The van der Waals surface area contributed by atoms with Crippen LogP contribution in [0, 0.1) is 11.8 Å². The molecule has 5 heteroatoms. The summed E-state index contributed by atoms with van der Waals surface area (Å²) in [7, 11) is 1.79. The van der Waals surface area contributed by atoms with Crippen LogP contribution in [-0.2, 0) is 11.3 Å². The average molecular weight is 331 g/mol. The molecule has 108 valence electrons. The van der Waals surface area contributed by atoms with E-state index in [0.29, 0.717) is 30.1 Å². The van der Waals surface area contributed by atoms with Gasteiger partial charge in [-0.1, -0.05) is 13.8 Å². The van der Waals surface area contributed by atoms with Crippen LogP contribution in [-0.4, -0.2) is 24.4 Å². The quantitative estimate of drug-likeness (QED) is 0.835. The Balaban J connectivity index is 2.47. The average Bonchev–Trinajstić information content (AvgIpc) is 2.73. The molecule has 0 aromatic carbocycles. The molecule has 1 aromatic heterocycles. The van der Waals surface area contributed by atoms with Crippen molar-refractivity contribution in [2.75, 3.05) is 13.6 Å². The van der Waals surface area contributed by atoms with Crippen molar-refractivity contribution < 1.29 is 9.21 Å². The largest absolute Gasteiger partial charge is 0.452 e. The SMILES string of the molecule is CC(C)CC(CN)CC(=O)N(C)Cc1ccc(Br)o1. The van der Waals surface area contributed by atoms with Gasteiger partial charge in [0.25, 0.3) is 0 Å². The van der Waals surface area contributed by atoms with E-state index in [4.69, 9.17) is 10.2 Å². The highest BCUT2D eigenvalue weighted by atomic mass is 79.9.